The molecule has 0 saturated heterocycles. The van der Waals surface area contributed by atoms with Crippen LogP contribution in [0.5, 0.6) is 5.75 Å². The molecule has 1 heterocycles. The molecule has 5 heteroatoms. The number of aromatic nitrogens is 2. The van der Waals surface area contributed by atoms with Crippen molar-refractivity contribution in [2.75, 3.05) is 25.6 Å². The van der Waals surface area contributed by atoms with E-state index in [0.29, 0.717) is 6.61 Å². The van der Waals surface area contributed by atoms with Crippen molar-refractivity contribution in [3.8, 4) is 5.75 Å². The lowest BCUT2D eigenvalue weighted by atomic mass is 10.3. The maximum absolute atomic E-state index is 5.75. The smallest absolute Gasteiger partial charge is 0.243 e. The van der Waals surface area contributed by atoms with Crippen LogP contribution in [0.1, 0.15) is 0 Å². The van der Waals surface area contributed by atoms with Crippen molar-refractivity contribution < 1.29 is 26.3 Å². The minimum Gasteiger partial charge on any atom is -1.00 e. The SMILES string of the molecule is CN(C)c1cccc(OCCn2cc[n+](C)c2)c1.[Br-]. The Bertz CT molecular complexity index is 511. The van der Waals surface area contributed by atoms with Gasteiger partial charge in [-0.15, -0.1) is 0 Å². The molecule has 0 aliphatic carbocycles. The number of anilines is 1. The molecule has 0 amide bonds. The number of halogens is 1. The van der Waals surface area contributed by atoms with Crippen molar-refractivity contribution in [1.29, 1.82) is 0 Å². The first-order chi connectivity index (χ1) is 8.65. The van der Waals surface area contributed by atoms with Crippen LogP contribution in [0.3, 0.4) is 0 Å². The standard InChI is InChI=1S/C14H20N3O.BrH/c1-15(2)13-5-4-6-14(11-13)18-10-9-17-8-7-16(3)12-17;/h4-8,11-12H,9-10H2,1-3H3;1H/q+1;/p-1. The van der Waals surface area contributed by atoms with Gasteiger partial charge in [-0.2, -0.15) is 0 Å². The van der Waals surface area contributed by atoms with Crippen LogP contribution in [0, 0.1) is 0 Å². The molecule has 2 rings (SSSR count). The fourth-order valence-electron chi connectivity index (χ4n) is 1.75. The summed E-state index contributed by atoms with van der Waals surface area (Å²) >= 11 is 0. The van der Waals surface area contributed by atoms with Gasteiger partial charge in [0.05, 0.1) is 7.05 Å². The number of imidazole rings is 1. The molecule has 104 valence electrons. The average Bonchev–Trinajstić information content (AvgIpc) is 2.75. The Labute approximate surface area is 125 Å². The molecular formula is C14H20BrN3O. The van der Waals surface area contributed by atoms with Crippen LogP contribution in [0.25, 0.3) is 0 Å². The van der Waals surface area contributed by atoms with Gasteiger partial charge >= 0.3 is 0 Å². The first-order valence-electron chi connectivity index (χ1n) is 6.06. The Kier molecular flexibility index (Phi) is 5.89. The van der Waals surface area contributed by atoms with Gasteiger partial charge in [-0.1, -0.05) is 6.07 Å². The van der Waals surface area contributed by atoms with Gasteiger partial charge in [0, 0.05) is 25.8 Å². The van der Waals surface area contributed by atoms with Crippen molar-refractivity contribution in [2.24, 2.45) is 7.05 Å². The van der Waals surface area contributed by atoms with Crippen molar-refractivity contribution in [2.45, 2.75) is 6.54 Å². The summed E-state index contributed by atoms with van der Waals surface area (Å²) in [6.45, 7) is 1.53. The molecular weight excluding hydrogens is 306 g/mol. The van der Waals surface area contributed by atoms with Gasteiger partial charge in [0.1, 0.15) is 31.3 Å². The molecule has 4 nitrogen and oxygen atoms in total. The van der Waals surface area contributed by atoms with E-state index in [-0.39, 0.29) is 17.0 Å². The summed E-state index contributed by atoms with van der Waals surface area (Å²) < 4.78 is 9.88. The second-order valence-electron chi connectivity index (χ2n) is 4.56. The van der Waals surface area contributed by atoms with Crippen molar-refractivity contribution in [3.63, 3.8) is 0 Å². The number of benzene rings is 1. The first-order valence-corrected chi connectivity index (χ1v) is 6.06. The van der Waals surface area contributed by atoms with E-state index >= 15 is 0 Å². The van der Waals surface area contributed by atoms with Crippen LogP contribution < -0.4 is 31.2 Å². The Morgan fingerprint density at radius 3 is 2.74 bits per heavy atom. The van der Waals surface area contributed by atoms with E-state index in [4.69, 9.17) is 4.74 Å². The Morgan fingerprint density at radius 1 is 1.32 bits per heavy atom. The third-order valence-electron chi connectivity index (χ3n) is 2.78. The van der Waals surface area contributed by atoms with Crippen molar-refractivity contribution >= 4 is 5.69 Å². The summed E-state index contributed by atoms with van der Waals surface area (Å²) in [4.78, 5) is 2.07. The van der Waals surface area contributed by atoms with Gasteiger partial charge in [-0.05, 0) is 12.1 Å². The number of hydrogen-bond donors (Lipinski definition) is 0. The molecule has 0 aliphatic heterocycles. The topological polar surface area (TPSA) is 21.3 Å². The van der Waals surface area contributed by atoms with Crippen LogP contribution >= 0.6 is 0 Å². The molecule has 19 heavy (non-hydrogen) atoms. The minimum atomic E-state index is 0. The molecule has 0 unspecified atom stereocenters. The molecule has 0 N–H and O–H groups in total. The van der Waals surface area contributed by atoms with Gasteiger partial charge in [-0.25, -0.2) is 9.13 Å². The molecule has 0 atom stereocenters. The Hall–Kier alpha value is -1.49. The van der Waals surface area contributed by atoms with E-state index in [1.54, 1.807) is 0 Å². The van der Waals surface area contributed by atoms with Crippen LogP contribution in [0.2, 0.25) is 0 Å². The van der Waals surface area contributed by atoms with E-state index in [2.05, 4.69) is 21.6 Å². The molecule has 0 radical (unpaired) electrons. The molecule has 2 aromatic rings. The molecule has 0 fully saturated rings. The van der Waals surface area contributed by atoms with Gasteiger partial charge in [0.2, 0.25) is 6.33 Å². The largest absolute Gasteiger partial charge is 1.00 e. The number of ether oxygens (including phenoxy) is 1. The van der Waals surface area contributed by atoms with Gasteiger partial charge in [-0.3, -0.25) is 0 Å². The van der Waals surface area contributed by atoms with Gasteiger partial charge in [0.15, 0.2) is 0 Å². The van der Waals surface area contributed by atoms with Crippen LogP contribution in [-0.4, -0.2) is 25.3 Å². The zero-order valence-corrected chi connectivity index (χ0v) is 13.2. The van der Waals surface area contributed by atoms with E-state index in [0.717, 1.165) is 18.0 Å². The van der Waals surface area contributed by atoms with Crippen LogP contribution in [0.4, 0.5) is 5.69 Å². The van der Waals surface area contributed by atoms with E-state index < -0.39 is 0 Å². The zero-order valence-electron chi connectivity index (χ0n) is 11.6. The number of aryl methyl sites for hydroxylation is 1. The number of hydrogen-bond acceptors (Lipinski definition) is 2. The molecule has 0 spiro atoms. The second kappa shape index (κ2) is 7.19. The molecule has 0 saturated carbocycles. The zero-order chi connectivity index (χ0) is 13.0. The Balaban J connectivity index is 0.00000180. The summed E-state index contributed by atoms with van der Waals surface area (Å²) in [5.41, 5.74) is 1.15. The third kappa shape index (κ3) is 4.59. The first kappa shape index (κ1) is 15.6. The quantitative estimate of drug-likeness (QED) is 0.622. The van der Waals surface area contributed by atoms with Crippen molar-refractivity contribution in [1.82, 2.24) is 4.57 Å². The monoisotopic (exact) mass is 325 g/mol. The highest BCUT2D eigenvalue weighted by atomic mass is 79.9. The van der Waals surface area contributed by atoms with Crippen LogP contribution in [0.15, 0.2) is 43.0 Å². The summed E-state index contributed by atoms with van der Waals surface area (Å²) in [5.74, 6) is 0.915. The predicted molar refractivity (Wildman–Crippen MR) is 71.9 cm³/mol. The number of rotatable bonds is 5. The Morgan fingerprint density at radius 2 is 2.11 bits per heavy atom. The normalized spacial score (nSPS) is 9.84. The average molecular weight is 326 g/mol. The maximum atomic E-state index is 5.75. The van der Waals surface area contributed by atoms with Gasteiger partial charge < -0.3 is 26.6 Å². The lowest BCUT2D eigenvalue weighted by molar-refractivity contribution is -0.671. The second-order valence-corrected chi connectivity index (χ2v) is 4.56. The van der Waals surface area contributed by atoms with E-state index in [1.165, 1.54) is 0 Å². The van der Waals surface area contributed by atoms with Crippen LogP contribution in [-0.2, 0) is 13.6 Å². The highest BCUT2D eigenvalue weighted by molar-refractivity contribution is 5.49. The molecule has 1 aromatic carbocycles. The van der Waals surface area contributed by atoms with Gasteiger partial charge in [0.25, 0.3) is 0 Å². The lowest BCUT2D eigenvalue weighted by Gasteiger charge is -2.13. The number of nitrogens with zero attached hydrogens (tertiary/aromatic N) is 3. The molecule has 1 aromatic heterocycles. The molecule has 0 bridgehead atoms. The highest BCUT2D eigenvalue weighted by Gasteiger charge is 2.01. The fraction of sp³-hybridized carbons (Fsp3) is 0.357. The summed E-state index contributed by atoms with van der Waals surface area (Å²) in [5, 5.41) is 0. The summed E-state index contributed by atoms with van der Waals surface area (Å²) in [6, 6.07) is 8.12. The maximum Gasteiger partial charge on any atom is 0.243 e. The predicted octanol–water partition coefficient (Wildman–Crippen LogP) is -1.54. The lowest BCUT2D eigenvalue weighted by Crippen LogP contribution is -3.00. The van der Waals surface area contributed by atoms with E-state index in [9.17, 15) is 0 Å². The third-order valence-corrected chi connectivity index (χ3v) is 2.78. The summed E-state index contributed by atoms with van der Waals surface area (Å²) in [6.07, 6.45) is 6.10. The van der Waals surface area contributed by atoms with Crippen molar-refractivity contribution in [3.05, 3.63) is 43.0 Å². The highest BCUT2D eigenvalue weighted by Crippen LogP contribution is 2.19. The molecule has 0 aliphatic rings. The van der Waals surface area contributed by atoms with E-state index in [1.807, 2.05) is 56.6 Å². The fourth-order valence-corrected chi connectivity index (χ4v) is 1.75. The summed E-state index contributed by atoms with van der Waals surface area (Å²) in [7, 11) is 6.07. The minimum absolute atomic E-state index is 0.